The van der Waals surface area contributed by atoms with Crippen molar-refractivity contribution >= 4 is 41.0 Å². The number of amides is 2. The largest absolute Gasteiger partial charge is 0.417 e. The lowest BCUT2D eigenvalue weighted by Crippen LogP contribution is -2.65. The van der Waals surface area contributed by atoms with Crippen LogP contribution in [0.4, 0.5) is 24.5 Å². The van der Waals surface area contributed by atoms with E-state index in [2.05, 4.69) is 31.1 Å². The Kier molecular flexibility index (Phi) is 13.5. The molecule has 2 saturated heterocycles. The number of anilines is 2. The van der Waals surface area contributed by atoms with Crippen LogP contribution < -0.4 is 15.6 Å². The molecule has 5 atom stereocenters. The first-order valence-electron chi connectivity index (χ1n) is 18.4. The number of alkyl halides is 3. The predicted octanol–water partition coefficient (Wildman–Crippen LogP) is 4.37. The number of nitrogens with one attached hydrogen (secondary N) is 2. The minimum absolute atomic E-state index is 0.0609. The van der Waals surface area contributed by atoms with Crippen LogP contribution in [0.25, 0.3) is 0 Å². The monoisotopic (exact) mass is 829 g/mol. The highest BCUT2D eigenvalue weighted by Crippen LogP contribution is 2.35. The number of aromatic nitrogens is 3. The number of methoxy groups -OCH3 is 1. The minimum Gasteiger partial charge on any atom is -0.394 e. The lowest BCUT2D eigenvalue weighted by Gasteiger charge is -2.47. The zero-order valence-electron chi connectivity index (χ0n) is 31.5. The SMILES string of the molecule is CO[C@H]1C(O)[C@@H](O)C(CO)O[C@@]1(C)OCc1cn(Cc2cccc(C(=O)Nc3ccc(N4CCCCC4)cc3C(=O)N/N=C/c3ccc(Cl)c(C(F)(F)F)c3)c2)nn1. The highest BCUT2D eigenvalue weighted by atomic mass is 35.5. The van der Waals surface area contributed by atoms with E-state index >= 15 is 0 Å². The lowest BCUT2D eigenvalue weighted by molar-refractivity contribution is -0.363. The maximum absolute atomic E-state index is 13.6. The molecule has 0 radical (unpaired) electrons. The summed E-state index contributed by atoms with van der Waals surface area (Å²) in [6.45, 7) is 2.65. The maximum atomic E-state index is 13.6. The summed E-state index contributed by atoms with van der Waals surface area (Å²) in [5.74, 6) is -2.74. The van der Waals surface area contributed by atoms with Crippen LogP contribution in [-0.2, 0) is 33.5 Å². The molecule has 0 spiro atoms. The Labute approximate surface area is 336 Å². The fraction of sp³-hybridized carbons (Fsp3) is 0.410. The fourth-order valence-corrected chi connectivity index (χ4v) is 7.12. The molecular formula is C39H43ClF3N7O8. The van der Waals surface area contributed by atoms with Crippen molar-refractivity contribution in [3.05, 3.63) is 105 Å². The second-order valence-corrected chi connectivity index (χ2v) is 14.5. The number of ether oxygens (including phenoxy) is 3. The molecular weight excluding hydrogens is 787 g/mol. The van der Waals surface area contributed by atoms with Crippen LogP contribution in [0.15, 0.2) is 72.0 Å². The Bertz CT molecular complexity index is 2120. The molecule has 6 rings (SSSR count). The number of carbonyl (C=O) groups excluding carboxylic acids is 2. The molecule has 4 aromatic rings. The number of nitrogens with zero attached hydrogens (tertiary/aromatic N) is 5. The van der Waals surface area contributed by atoms with Gasteiger partial charge in [-0.3, -0.25) is 9.59 Å². The number of carbonyl (C=O) groups is 2. The molecule has 3 heterocycles. The van der Waals surface area contributed by atoms with Gasteiger partial charge in [0.15, 0.2) is 5.79 Å². The summed E-state index contributed by atoms with van der Waals surface area (Å²) < 4.78 is 58.6. The molecule has 2 amide bonds. The molecule has 0 aliphatic carbocycles. The molecule has 2 aliphatic rings. The zero-order chi connectivity index (χ0) is 41.6. The van der Waals surface area contributed by atoms with Crippen molar-refractivity contribution < 1.29 is 52.3 Å². The molecule has 2 unspecified atom stereocenters. The van der Waals surface area contributed by atoms with Crippen molar-refractivity contribution in [3.63, 3.8) is 0 Å². The Morgan fingerprint density at radius 3 is 2.57 bits per heavy atom. The van der Waals surface area contributed by atoms with Gasteiger partial charge in [0, 0.05) is 31.5 Å². The number of rotatable bonds is 13. The van der Waals surface area contributed by atoms with E-state index in [0.717, 1.165) is 56.4 Å². The first-order valence-corrected chi connectivity index (χ1v) is 18.8. The smallest absolute Gasteiger partial charge is 0.394 e. The molecule has 19 heteroatoms. The van der Waals surface area contributed by atoms with E-state index in [-0.39, 0.29) is 35.5 Å². The van der Waals surface area contributed by atoms with Crippen molar-refractivity contribution in [2.24, 2.45) is 5.10 Å². The normalized spacial score (nSPS) is 22.6. The van der Waals surface area contributed by atoms with Gasteiger partial charge in [-0.25, -0.2) is 10.1 Å². The highest BCUT2D eigenvalue weighted by Gasteiger charge is 2.52. The van der Waals surface area contributed by atoms with Crippen molar-refractivity contribution in [1.29, 1.82) is 0 Å². The molecule has 15 nitrogen and oxygen atoms in total. The van der Waals surface area contributed by atoms with Gasteiger partial charge in [0.05, 0.1) is 54.0 Å². The van der Waals surface area contributed by atoms with Gasteiger partial charge in [0.1, 0.15) is 30.1 Å². The van der Waals surface area contributed by atoms with E-state index in [0.29, 0.717) is 11.3 Å². The Hall–Kier alpha value is -4.95. The van der Waals surface area contributed by atoms with Crippen LogP contribution >= 0.6 is 11.6 Å². The lowest BCUT2D eigenvalue weighted by atomic mass is 9.93. The standard InChI is InChI=1S/C39H43ClF3N7O8/c1-38(35(56-2)34(53)33(52)32(21-51)58-38)57-22-26-20-50(48-46-26)19-24-7-6-8-25(15-24)36(54)45-31-12-10-27(49-13-4-3-5-14-49)17-28(31)37(55)47-44-18-23-9-11-30(40)29(16-23)39(41,42)43/h6-12,15-18,20,32-35,51-53H,3-5,13-14,19,21-22H2,1-2H3,(H,45,54)(H,47,55)/b44-18+/t32?,33-,34?,35-,38+/m0/s1. The molecule has 0 saturated carbocycles. The third-order valence-corrected chi connectivity index (χ3v) is 10.2. The van der Waals surface area contributed by atoms with Gasteiger partial charge in [-0.15, -0.1) is 5.10 Å². The number of hydrogen-bond acceptors (Lipinski definition) is 12. The number of benzene rings is 3. The van der Waals surface area contributed by atoms with E-state index in [1.54, 1.807) is 42.6 Å². The summed E-state index contributed by atoms with van der Waals surface area (Å²) in [5.41, 5.74) is 3.81. The van der Waals surface area contributed by atoms with Crippen LogP contribution in [0.1, 0.15) is 69.3 Å². The predicted molar refractivity (Wildman–Crippen MR) is 206 cm³/mol. The Balaban J connectivity index is 1.14. The third kappa shape index (κ3) is 10.0. The van der Waals surface area contributed by atoms with Gasteiger partial charge in [0.2, 0.25) is 0 Å². The van der Waals surface area contributed by atoms with Crippen LogP contribution in [0.2, 0.25) is 5.02 Å². The Morgan fingerprint density at radius 1 is 1.07 bits per heavy atom. The van der Waals surface area contributed by atoms with Gasteiger partial charge >= 0.3 is 6.18 Å². The summed E-state index contributed by atoms with van der Waals surface area (Å²) >= 11 is 5.72. The first-order chi connectivity index (χ1) is 27.7. The summed E-state index contributed by atoms with van der Waals surface area (Å²) in [6, 6.07) is 15.1. The maximum Gasteiger partial charge on any atom is 0.417 e. The minimum atomic E-state index is -4.68. The van der Waals surface area contributed by atoms with Crippen LogP contribution in [0.3, 0.4) is 0 Å². The number of hydrogen-bond donors (Lipinski definition) is 5. The summed E-state index contributed by atoms with van der Waals surface area (Å²) in [7, 11) is 1.33. The summed E-state index contributed by atoms with van der Waals surface area (Å²) in [4.78, 5) is 29.3. The Morgan fingerprint density at radius 2 is 1.84 bits per heavy atom. The van der Waals surface area contributed by atoms with Gasteiger partial charge in [-0.2, -0.15) is 18.3 Å². The molecule has 2 aliphatic heterocycles. The summed E-state index contributed by atoms with van der Waals surface area (Å²) in [5, 5.41) is 44.9. The first kappa shape index (κ1) is 42.7. The van der Waals surface area contributed by atoms with Crippen LogP contribution in [-0.4, -0.2) is 105 Å². The van der Waals surface area contributed by atoms with Gasteiger partial charge in [-0.05, 0) is 79.8 Å². The number of hydrazone groups is 1. The molecule has 2 fully saturated rings. The van der Waals surface area contributed by atoms with Gasteiger partial charge in [0.25, 0.3) is 11.8 Å². The second kappa shape index (κ2) is 18.3. The summed E-state index contributed by atoms with van der Waals surface area (Å²) in [6.07, 6.45) is -3.87. The quantitative estimate of drug-likeness (QED) is 0.0950. The highest BCUT2D eigenvalue weighted by molar-refractivity contribution is 6.31. The number of aliphatic hydroxyl groups excluding tert-OH is 3. The molecule has 5 N–H and O–H groups in total. The van der Waals surface area contributed by atoms with Crippen LogP contribution in [0, 0.1) is 0 Å². The van der Waals surface area contributed by atoms with Crippen molar-refractivity contribution in [2.75, 3.05) is 37.0 Å². The molecule has 58 heavy (non-hydrogen) atoms. The van der Waals surface area contributed by atoms with E-state index in [9.17, 15) is 38.1 Å². The molecule has 1 aromatic heterocycles. The van der Waals surface area contributed by atoms with E-state index < -0.39 is 65.4 Å². The van der Waals surface area contributed by atoms with E-state index in [1.807, 2.05) is 6.07 Å². The average Bonchev–Trinajstić information content (AvgIpc) is 3.66. The average molecular weight is 830 g/mol. The second-order valence-electron chi connectivity index (χ2n) is 14.1. The van der Waals surface area contributed by atoms with Crippen molar-refractivity contribution in [1.82, 2.24) is 20.4 Å². The van der Waals surface area contributed by atoms with Crippen molar-refractivity contribution in [3.8, 4) is 0 Å². The molecule has 310 valence electrons. The van der Waals surface area contributed by atoms with Gasteiger partial charge in [-0.1, -0.05) is 35.0 Å². The number of halogens is 4. The topological polar surface area (TPSA) is 193 Å². The van der Waals surface area contributed by atoms with Crippen molar-refractivity contribution in [2.45, 2.75) is 75.7 Å². The number of aliphatic hydroxyl groups is 3. The van der Waals surface area contributed by atoms with Gasteiger partial charge < -0.3 is 39.7 Å². The molecule has 0 bridgehead atoms. The van der Waals surface area contributed by atoms with Crippen LogP contribution in [0.5, 0.6) is 0 Å². The van der Waals surface area contributed by atoms with E-state index in [1.165, 1.54) is 24.8 Å². The zero-order valence-corrected chi connectivity index (χ0v) is 32.3. The fourth-order valence-electron chi connectivity index (χ4n) is 6.90. The van der Waals surface area contributed by atoms with E-state index in [4.69, 9.17) is 25.8 Å². The number of piperidine rings is 1. The molecule has 3 aromatic carbocycles. The third-order valence-electron chi connectivity index (χ3n) is 9.90.